The Morgan fingerprint density at radius 1 is 1.05 bits per heavy atom. The number of benzene rings is 2. The molecule has 2 nitrogen and oxygen atoms in total. The Kier molecular flexibility index (Phi) is 3.62. The number of nitrogens with one attached hydrogen (secondary N) is 1. The second-order valence-corrected chi connectivity index (χ2v) is 4.83. The molecule has 1 N–H and O–H groups in total. The number of rotatable bonds is 3. The molecule has 0 spiro atoms. The Balaban J connectivity index is 2.21. The van der Waals surface area contributed by atoms with Crippen molar-refractivity contribution in [3.05, 3.63) is 77.6 Å². The zero-order valence-electron chi connectivity index (χ0n) is 11.5. The summed E-state index contributed by atoms with van der Waals surface area (Å²) in [4.78, 5) is 4.13. The monoisotopic (exact) mass is 284 g/mol. The Morgan fingerprint density at radius 2 is 1.90 bits per heavy atom. The third kappa shape index (κ3) is 2.50. The lowest BCUT2D eigenvalue weighted by Crippen LogP contribution is -2.19. The van der Waals surface area contributed by atoms with Gasteiger partial charge in [0, 0.05) is 23.3 Å². The zero-order valence-corrected chi connectivity index (χ0v) is 11.5. The van der Waals surface area contributed by atoms with E-state index in [1.807, 2.05) is 24.3 Å². The summed E-state index contributed by atoms with van der Waals surface area (Å²) < 4.78 is 27.5. The largest absolute Gasteiger partial charge is 0.309 e. The van der Waals surface area contributed by atoms with E-state index in [4.69, 9.17) is 0 Å². The Hall–Kier alpha value is -2.33. The van der Waals surface area contributed by atoms with Crippen molar-refractivity contribution in [2.45, 2.75) is 6.04 Å². The van der Waals surface area contributed by atoms with Crippen LogP contribution in [0.4, 0.5) is 8.78 Å². The first-order valence-corrected chi connectivity index (χ1v) is 6.65. The van der Waals surface area contributed by atoms with Crippen LogP contribution < -0.4 is 5.32 Å². The molecule has 1 unspecified atom stereocenters. The summed E-state index contributed by atoms with van der Waals surface area (Å²) in [5.41, 5.74) is 1.15. The van der Waals surface area contributed by atoms with Gasteiger partial charge in [-0.1, -0.05) is 18.2 Å². The fourth-order valence-electron chi connectivity index (χ4n) is 2.60. The van der Waals surface area contributed by atoms with Gasteiger partial charge in [0.2, 0.25) is 0 Å². The first-order valence-electron chi connectivity index (χ1n) is 6.65. The van der Waals surface area contributed by atoms with Crippen LogP contribution >= 0.6 is 0 Å². The molecule has 3 rings (SSSR count). The number of hydrogen-bond donors (Lipinski definition) is 1. The van der Waals surface area contributed by atoms with Crippen molar-refractivity contribution in [3.63, 3.8) is 0 Å². The van der Waals surface area contributed by atoms with E-state index in [-0.39, 0.29) is 5.56 Å². The van der Waals surface area contributed by atoms with E-state index in [1.165, 1.54) is 6.07 Å². The third-order valence-electron chi connectivity index (χ3n) is 3.59. The van der Waals surface area contributed by atoms with Gasteiger partial charge in [-0.25, -0.2) is 8.78 Å². The van der Waals surface area contributed by atoms with E-state index in [0.717, 1.165) is 28.5 Å². The molecule has 1 heterocycles. The van der Waals surface area contributed by atoms with Gasteiger partial charge in [0.05, 0.1) is 6.04 Å². The molecule has 106 valence electrons. The smallest absolute Gasteiger partial charge is 0.128 e. The molecule has 0 bridgehead atoms. The topological polar surface area (TPSA) is 24.9 Å². The number of nitrogens with zero attached hydrogens (tertiary/aromatic N) is 1. The summed E-state index contributed by atoms with van der Waals surface area (Å²) in [6.07, 6.45) is 3.45. The molecule has 21 heavy (non-hydrogen) atoms. The quantitative estimate of drug-likeness (QED) is 0.791. The molecule has 2 aromatic carbocycles. The highest BCUT2D eigenvalue weighted by atomic mass is 19.1. The summed E-state index contributed by atoms with van der Waals surface area (Å²) in [7, 11) is 1.73. The van der Waals surface area contributed by atoms with Crippen molar-refractivity contribution >= 4 is 10.8 Å². The molecule has 0 aliphatic rings. The Labute approximate surface area is 121 Å². The summed E-state index contributed by atoms with van der Waals surface area (Å²) in [5, 5.41) is 4.99. The van der Waals surface area contributed by atoms with E-state index < -0.39 is 17.7 Å². The van der Waals surface area contributed by atoms with E-state index in [1.54, 1.807) is 19.4 Å². The summed E-state index contributed by atoms with van der Waals surface area (Å²) in [6, 6.07) is 10.7. The third-order valence-corrected chi connectivity index (χ3v) is 3.59. The van der Waals surface area contributed by atoms with Gasteiger partial charge in [0.1, 0.15) is 11.6 Å². The highest BCUT2D eigenvalue weighted by Crippen LogP contribution is 2.30. The Morgan fingerprint density at radius 3 is 2.71 bits per heavy atom. The lowest BCUT2D eigenvalue weighted by atomic mass is 9.94. The fourth-order valence-corrected chi connectivity index (χ4v) is 2.60. The molecule has 0 saturated carbocycles. The number of pyridine rings is 1. The standard InChI is InChI=1S/C17H14F2N2/c1-20-17(14-9-12(18)5-6-16(14)19)13-4-2-3-11-7-8-21-10-15(11)13/h2-10,17,20H,1H3. The van der Waals surface area contributed by atoms with Crippen LogP contribution in [0.3, 0.4) is 0 Å². The number of fused-ring (bicyclic) bond motifs is 1. The van der Waals surface area contributed by atoms with Crippen LogP contribution in [0.5, 0.6) is 0 Å². The molecule has 1 aromatic heterocycles. The lowest BCUT2D eigenvalue weighted by Gasteiger charge is -2.19. The van der Waals surface area contributed by atoms with Gasteiger partial charge in [-0.2, -0.15) is 0 Å². The van der Waals surface area contributed by atoms with Crippen LogP contribution in [0.15, 0.2) is 54.9 Å². The van der Waals surface area contributed by atoms with Crippen molar-refractivity contribution < 1.29 is 8.78 Å². The van der Waals surface area contributed by atoms with Crippen LogP contribution in [-0.2, 0) is 0 Å². The predicted molar refractivity (Wildman–Crippen MR) is 79.0 cm³/mol. The van der Waals surface area contributed by atoms with Crippen molar-refractivity contribution in [1.82, 2.24) is 10.3 Å². The minimum Gasteiger partial charge on any atom is -0.309 e. The van der Waals surface area contributed by atoms with Gasteiger partial charge >= 0.3 is 0 Å². The number of hydrogen-bond acceptors (Lipinski definition) is 2. The second kappa shape index (κ2) is 5.58. The molecule has 0 radical (unpaired) electrons. The normalized spacial score (nSPS) is 12.5. The maximum atomic E-state index is 14.1. The molecule has 0 saturated heterocycles. The molecule has 4 heteroatoms. The predicted octanol–water partition coefficient (Wildman–Crippen LogP) is 3.82. The van der Waals surface area contributed by atoms with Crippen LogP contribution in [-0.4, -0.2) is 12.0 Å². The van der Waals surface area contributed by atoms with Crippen LogP contribution in [0, 0.1) is 11.6 Å². The molecule has 3 aromatic rings. The van der Waals surface area contributed by atoms with Gasteiger partial charge in [-0.05, 0) is 42.3 Å². The lowest BCUT2D eigenvalue weighted by molar-refractivity contribution is 0.559. The van der Waals surface area contributed by atoms with Gasteiger partial charge in [-0.3, -0.25) is 4.98 Å². The summed E-state index contributed by atoms with van der Waals surface area (Å²) in [5.74, 6) is -0.887. The average Bonchev–Trinajstić information content (AvgIpc) is 2.51. The van der Waals surface area contributed by atoms with Crippen molar-refractivity contribution in [3.8, 4) is 0 Å². The molecule has 0 aliphatic heterocycles. The van der Waals surface area contributed by atoms with Gasteiger partial charge < -0.3 is 5.32 Å². The van der Waals surface area contributed by atoms with Crippen molar-refractivity contribution in [2.75, 3.05) is 7.05 Å². The first-order chi connectivity index (χ1) is 10.2. The molecular weight excluding hydrogens is 270 g/mol. The zero-order chi connectivity index (χ0) is 14.8. The first kappa shape index (κ1) is 13.6. The highest BCUT2D eigenvalue weighted by molar-refractivity contribution is 5.85. The van der Waals surface area contributed by atoms with Gasteiger partial charge in [0.25, 0.3) is 0 Å². The van der Waals surface area contributed by atoms with Gasteiger partial charge in [-0.15, -0.1) is 0 Å². The SMILES string of the molecule is CNC(c1cc(F)ccc1F)c1cccc2ccncc12. The molecular formula is C17H14F2N2. The molecule has 0 amide bonds. The van der Waals surface area contributed by atoms with E-state index in [9.17, 15) is 8.78 Å². The van der Waals surface area contributed by atoms with Crippen molar-refractivity contribution in [2.24, 2.45) is 0 Å². The molecule has 0 aliphatic carbocycles. The van der Waals surface area contributed by atoms with Crippen molar-refractivity contribution in [1.29, 1.82) is 0 Å². The molecule has 1 atom stereocenters. The fraction of sp³-hybridized carbons (Fsp3) is 0.118. The van der Waals surface area contributed by atoms with Crippen LogP contribution in [0.25, 0.3) is 10.8 Å². The van der Waals surface area contributed by atoms with E-state index >= 15 is 0 Å². The second-order valence-electron chi connectivity index (χ2n) is 4.83. The summed E-state index contributed by atoms with van der Waals surface area (Å²) in [6.45, 7) is 0. The van der Waals surface area contributed by atoms with Crippen LogP contribution in [0.1, 0.15) is 17.2 Å². The Bertz CT molecular complexity index is 781. The maximum absolute atomic E-state index is 14.1. The number of halogens is 2. The number of aromatic nitrogens is 1. The van der Waals surface area contributed by atoms with Crippen LogP contribution in [0.2, 0.25) is 0 Å². The average molecular weight is 284 g/mol. The highest BCUT2D eigenvalue weighted by Gasteiger charge is 2.19. The molecule has 0 fully saturated rings. The van der Waals surface area contributed by atoms with Gasteiger partial charge in [0.15, 0.2) is 0 Å². The minimum absolute atomic E-state index is 0.286. The summed E-state index contributed by atoms with van der Waals surface area (Å²) >= 11 is 0. The van der Waals surface area contributed by atoms with E-state index in [0.29, 0.717) is 0 Å². The minimum atomic E-state index is -0.454. The van der Waals surface area contributed by atoms with E-state index in [2.05, 4.69) is 10.3 Å². The maximum Gasteiger partial charge on any atom is 0.128 e.